The molecule has 1 aliphatic heterocycles. The highest BCUT2D eigenvalue weighted by Crippen LogP contribution is 2.30. The first-order valence-corrected chi connectivity index (χ1v) is 12.4. The molecule has 0 spiro atoms. The van der Waals surface area contributed by atoms with Gasteiger partial charge in [-0.3, -0.25) is 9.36 Å². The van der Waals surface area contributed by atoms with Gasteiger partial charge in [0.1, 0.15) is 5.75 Å². The van der Waals surface area contributed by atoms with Crippen molar-refractivity contribution in [3.8, 4) is 5.75 Å². The second kappa shape index (κ2) is 10.2. The lowest BCUT2D eigenvalue weighted by Crippen LogP contribution is -2.39. The number of allylic oxidation sites excluding steroid dienone is 1. The van der Waals surface area contributed by atoms with E-state index in [4.69, 9.17) is 13.9 Å². The van der Waals surface area contributed by atoms with Crippen molar-refractivity contribution in [2.24, 2.45) is 4.99 Å². The fraction of sp³-hybridized carbons (Fsp3) is 0.143. The normalized spacial score (nSPS) is 15.2. The number of carbonyl (C=O) groups excluding carboxylic acids is 2. The number of furan rings is 1. The Balaban J connectivity index is 1.57. The third-order valence-electron chi connectivity index (χ3n) is 5.72. The highest BCUT2D eigenvalue weighted by atomic mass is 32.1. The number of rotatable bonds is 6. The van der Waals surface area contributed by atoms with E-state index in [9.17, 15) is 14.4 Å². The number of hydrogen-bond acceptors (Lipinski definition) is 8. The molecule has 2 aromatic heterocycles. The summed E-state index contributed by atoms with van der Waals surface area (Å²) in [5, 5.41) is 0. The predicted octanol–water partition coefficient (Wildman–Crippen LogP) is 3.61. The van der Waals surface area contributed by atoms with Gasteiger partial charge in [0.15, 0.2) is 4.80 Å². The topological polar surface area (TPSA) is 100 Å². The Morgan fingerprint density at radius 3 is 2.62 bits per heavy atom. The average molecular weight is 515 g/mol. The van der Waals surface area contributed by atoms with Crippen LogP contribution in [0.4, 0.5) is 0 Å². The molecular formula is C28H22N2O6S. The molecule has 1 atom stereocenters. The number of hydrogen-bond donors (Lipinski definition) is 0. The fourth-order valence-electron chi connectivity index (χ4n) is 4.11. The summed E-state index contributed by atoms with van der Waals surface area (Å²) in [6.45, 7) is 3.69. The molecule has 2 aromatic carbocycles. The number of fused-ring (bicyclic) bond motifs is 1. The molecule has 4 aromatic rings. The van der Waals surface area contributed by atoms with Gasteiger partial charge in [-0.25, -0.2) is 14.6 Å². The Bertz CT molecular complexity index is 1680. The molecule has 0 amide bonds. The van der Waals surface area contributed by atoms with E-state index in [2.05, 4.69) is 4.99 Å². The molecule has 8 nitrogen and oxygen atoms in total. The van der Waals surface area contributed by atoms with E-state index in [0.29, 0.717) is 31.9 Å². The van der Waals surface area contributed by atoms with Gasteiger partial charge < -0.3 is 13.9 Å². The number of esters is 2. The van der Waals surface area contributed by atoms with Gasteiger partial charge in [0.25, 0.3) is 5.56 Å². The minimum Gasteiger partial charge on any atom is -0.463 e. The Morgan fingerprint density at radius 2 is 1.89 bits per heavy atom. The molecule has 37 heavy (non-hydrogen) atoms. The van der Waals surface area contributed by atoms with E-state index in [1.165, 1.54) is 28.2 Å². The van der Waals surface area contributed by atoms with Crippen LogP contribution in [-0.4, -0.2) is 23.1 Å². The predicted molar refractivity (Wildman–Crippen MR) is 137 cm³/mol. The summed E-state index contributed by atoms with van der Waals surface area (Å²) in [5.74, 6) is -0.720. The van der Waals surface area contributed by atoms with Crippen molar-refractivity contribution in [3.05, 3.63) is 121 Å². The molecular weight excluding hydrogens is 492 g/mol. The Kier molecular flexibility index (Phi) is 6.70. The van der Waals surface area contributed by atoms with E-state index in [0.717, 1.165) is 5.56 Å². The van der Waals surface area contributed by atoms with Crippen molar-refractivity contribution in [1.82, 2.24) is 4.57 Å². The van der Waals surface area contributed by atoms with E-state index in [-0.39, 0.29) is 17.9 Å². The summed E-state index contributed by atoms with van der Waals surface area (Å²) in [6, 6.07) is 18.6. The SMILES string of the molecule is CCOC(=O)C1=C(C)N=c2sc(=Cc3cccc(OC(=O)c4ccco4)c3)c(=O)n2[C@@H]1c1ccccc1. The van der Waals surface area contributed by atoms with Gasteiger partial charge in [-0.2, -0.15) is 0 Å². The summed E-state index contributed by atoms with van der Waals surface area (Å²) in [5.41, 5.74) is 1.99. The largest absolute Gasteiger partial charge is 0.463 e. The summed E-state index contributed by atoms with van der Waals surface area (Å²) in [6.07, 6.45) is 3.10. The summed E-state index contributed by atoms with van der Waals surface area (Å²) < 4.78 is 17.7. The maximum atomic E-state index is 13.7. The first kappa shape index (κ1) is 24.2. The lowest BCUT2D eigenvalue weighted by Gasteiger charge is -2.24. The van der Waals surface area contributed by atoms with Gasteiger partial charge in [0, 0.05) is 0 Å². The number of ether oxygens (including phenoxy) is 2. The first-order chi connectivity index (χ1) is 18.0. The van der Waals surface area contributed by atoms with E-state index >= 15 is 0 Å². The Hall–Kier alpha value is -4.50. The van der Waals surface area contributed by atoms with Gasteiger partial charge in [0.2, 0.25) is 5.76 Å². The number of aromatic nitrogens is 1. The van der Waals surface area contributed by atoms with E-state index < -0.39 is 18.0 Å². The highest BCUT2D eigenvalue weighted by molar-refractivity contribution is 7.07. The molecule has 9 heteroatoms. The number of thiazole rings is 1. The summed E-state index contributed by atoms with van der Waals surface area (Å²) in [7, 11) is 0. The van der Waals surface area contributed by atoms with Gasteiger partial charge >= 0.3 is 11.9 Å². The fourth-order valence-corrected chi connectivity index (χ4v) is 5.16. The van der Waals surface area contributed by atoms with Crippen LogP contribution < -0.4 is 19.6 Å². The molecule has 0 N–H and O–H groups in total. The van der Waals surface area contributed by atoms with Gasteiger partial charge in [-0.05, 0) is 55.3 Å². The van der Waals surface area contributed by atoms with Crippen LogP contribution in [0.15, 0.2) is 98.5 Å². The van der Waals surface area contributed by atoms with Crippen LogP contribution in [-0.2, 0) is 9.53 Å². The molecule has 0 aliphatic carbocycles. The zero-order valence-corrected chi connectivity index (χ0v) is 20.9. The maximum Gasteiger partial charge on any atom is 0.379 e. The van der Waals surface area contributed by atoms with Gasteiger partial charge in [0.05, 0.1) is 34.7 Å². The minimum atomic E-state index is -0.667. The van der Waals surface area contributed by atoms with Crippen LogP contribution in [0.5, 0.6) is 5.75 Å². The lowest BCUT2D eigenvalue weighted by atomic mass is 9.96. The van der Waals surface area contributed by atoms with E-state index in [1.54, 1.807) is 50.3 Å². The second-order valence-electron chi connectivity index (χ2n) is 8.15. The smallest absolute Gasteiger partial charge is 0.379 e. The van der Waals surface area contributed by atoms with Crippen molar-refractivity contribution < 1.29 is 23.5 Å². The molecule has 5 rings (SSSR count). The van der Waals surface area contributed by atoms with Crippen molar-refractivity contribution >= 4 is 29.4 Å². The lowest BCUT2D eigenvalue weighted by molar-refractivity contribution is -0.139. The minimum absolute atomic E-state index is 0.0902. The van der Waals surface area contributed by atoms with Gasteiger partial charge in [-0.15, -0.1) is 0 Å². The van der Waals surface area contributed by atoms with Crippen molar-refractivity contribution in [2.75, 3.05) is 6.61 Å². The monoisotopic (exact) mass is 514 g/mol. The second-order valence-corrected chi connectivity index (χ2v) is 9.16. The Labute approximate surface area is 215 Å². The van der Waals surface area contributed by atoms with Crippen LogP contribution in [0.2, 0.25) is 0 Å². The van der Waals surface area contributed by atoms with Crippen LogP contribution >= 0.6 is 11.3 Å². The van der Waals surface area contributed by atoms with Crippen LogP contribution in [0.25, 0.3) is 6.08 Å². The van der Waals surface area contributed by atoms with E-state index in [1.807, 2.05) is 30.3 Å². The zero-order valence-electron chi connectivity index (χ0n) is 20.0. The van der Waals surface area contributed by atoms with Gasteiger partial charge in [-0.1, -0.05) is 53.8 Å². The zero-order chi connectivity index (χ0) is 25.9. The molecule has 1 aliphatic rings. The molecule has 186 valence electrons. The molecule has 0 saturated carbocycles. The number of benzene rings is 2. The molecule has 0 radical (unpaired) electrons. The molecule has 3 heterocycles. The average Bonchev–Trinajstić information content (AvgIpc) is 3.53. The van der Waals surface area contributed by atoms with Crippen molar-refractivity contribution in [3.63, 3.8) is 0 Å². The third-order valence-corrected chi connectivity index (χ3v) is 6.70. The summed E-state index contributed by atoms with van der Waals surface area (Å²) >= 11 is 1.22. The summed E-state index contributed by atoms with van der Waals surface area (Å²) in [4.78, 5) is 43.9. The highest BCUT2D eigenvalue weighted by Gasteiger charge is 2.33. The van der Waals surface area contributed by atoms with Crippen molar-refractivity contribution in [2.45, 2.75) is 19.9 Å². The molecule has 0 unspecified atom stereocenters. The van der Waals surface area contributed by atoms with Crippen molar-refractivity contribution in [1.29, 1.82) is 0 Å². The first-order valence-electron chi connectivity index (χ1n) is 11.6. The number of carbonyl (C=O) groups is 2. The van der Waals surface area contributed by atoms with Crippen LogP contribution in [0, 0.1) is 0 Å². The third kappa shape index (κ3) is 4.81. The Morgan fingerprint density at radius 1 is 1.08 bits per heavy atom. The number of nitrogens with zero attached hydrogens (tertiary/aromatic N) is 2. The standard InChI is InChI=1S/C28H22N2O6S/c1-3-34-27(33)23-17(2)29-28-30(24(23)19-10-5-4-6-11-19)25(31)22(37-28)16-18-9-7-12-20(15-18)36-26(32)21-13-8-14-35-21/h4-16,24H,3H2,1-2H3/t24-/m1/s1. The molecule has 0 saturated heterocycles. The molecule has 0 bridgehead atoms. The van der Waals surface area contributed by atoms with Crippen LogP contribution in [0.3, 0.4) is 0 Å². The quantitative estimate of drug-likeness (QED) is 0.288. The van der Waals surface area contributed by atoms with Crippen LogP contribution in [0.1, 0.15) is 41.6 Å². The molecule has 0 fully saturated rings. The maximum absolute atomic E-state index is 13.7.